The van der Waals surface area contributed by atoms with Crippen molar-refractivity contribution in [2.24, 2.45) is 10.2 Å². The van der Waals surface area contributed by atoms with E-state index in [1.54, 1.807) is 63.3 Å². The van der Waals surface area contributed by atoms with Crippen LogP contribution in [0.5, 0.6) is 11.5 Å². The highest BCUT2D eigenvalue weighted by molar-refractivity contribution is 5.89. The van der Waals surface area contributed by atoms with Gasteiger partial charge in [0.1, 0.15) is 18.8 Å². The van der Waals surface area contributed by atoms with Crippen LogP contribution < -0.4 is 20.3 Å². The van der Waals surface area contributed by atoms with Gasteiger partial charge in [-0.2, -0.15) is 5.11 Å². The van der Waals surface area contributed by atoms with Crippen molar-refractivity contribution in [1.82, 2.24) is 10.9 Å². The number of amides is 2. The third-order valence-electron chi connectivity index (χ3n) is 5.75. The van der Waals surface area contributed by atoms with Crippen molar-refractivity contribution in [2.75, 3.05) is 26.4 Å². The summed E-state index contributed by atoms with van der Waals surface area (Å²) in [7, 11) is 0. The molecule has 1 aromatic rings. The summed E-state index contributed by atoms with van der Waals surface area (Å²) >= 11 is 0. The number of hydrogen-bond donors (Lipinski definition) is 2. The van der Waals surface area contributed by atoms with Gasteiger partial charge in [-0.3, -0.25) is 10.2 Å². The molecule has 2 amide bonds. The monoisotopic (exact) mass is 626 g/mol. The van der Waals surface area contributed by atoms with E-state index in [0.717, 1.165) is 0 Å². The van der Waals surface area contributed by atoms with Crippen molar-refractivity contribution in [1.29, 1.82) is 0 Å². The second kappa shape index (κ2) is 18.8. The van der Waals surface area contributed by atoms with Crippen LogP contribution in [0, 0.1) is 0 Å². The highest BCUT2D eigenvalue weighted by atomic mass is 16.6. The van der Waals surface area contributed by atoms with E-state index in [-0.39, 0.29) is 38.6 Å². The molecule has 0 unspecified atom stereocenters. The third kappa shape index (κ3) is 14.5. The summed E-state index contributed by atoms with van der Waals surface area (Å²) in [6.07, 6.45) is 7.63. The largest absolute Gasteiger partial charge is 0.486 e. The Hall–Kier alpha value is -4.78. The average molecular weight is 627 g/mol. The predicted molar refractivity (Wildman–Crippen MR) is 166 cm³/mol. The molecule has 13 heteroatoms. The topological polar surface area (TPSA) is 163 Å². The molecule has 0 aliphatic heterocycles. The van der Waals surface area contributed by atoms with Crippen molar-refractivity contribution in [2.45, 2.75) is 64.6 Å². The van der Waals surface area contributed by atoms with Crippen LogP contribution in [0.1, 0.15) is 52.5 Å². The molecule has 0 heterocycles. The molecule has 13 nitrogen and oxygen atoms in total. The second-order valence-corrected chi connectivity index (χ2v) is 10.8. The molecule has 2 rings (SSSR count). The van der Waals surface area contributed by atoms with E-state index in [1.165, 1.54) is 13.0 Å². The fourth-order valence-electron chi connectivity index (χ4n) is 3.78. The Balaban J connectivity index is 1.85. The van der Waals surface area contributed by atoms with Crippen LogP contribution in [0.15, 0.2) is 71.5 Å². The van der Waals surface area contributed by atoms with Crippen molar-refractivity contribution in [3.05, 3.63) is 66.8 Å². The van der Waals surface area contributed by atoms with Gasteiger partial charge in [-0.1, -0.05) is 42.6 Å². The number of esters is 2. The molecular formula is C32H42N4O9. The lowest BCUT2D eigenvalue weighted by Crippen LogP contribution is -2.49. The van der Waals surface area contributed by atoms with Gasteiger partial charge in [0.05, 0.1) is 25.3 Å². The molecule has 1 aliphatic rings. The Morgan fingerprint density at radius 2 is 1.71 bits per heavy atom. The third-order valence-corrected chi connectivity index (χ3v) is 5.75. The first-order valence-corrected chi connectivity index (χ1v) is 14.4. The first-order valence-electron chi connectivity index (χ1n) is 14.4. The second-order valence-electron chi connectivity index (χ2n) is 10.8. The molecule has 0 aromatic heterocycles. The summed E-state index contributed by atoms with van der Waals surface area (Å²) in [5.74, 6) is -0.398. The fourth-order valence-corrected chi connectivity index (χ4v) is 3.78. The molecule has 1 aliphatic carbocycles. The first-order chi connectivity index (χ1) is 21.4. The zero-order chi connectivity index (χ0) is 33.2. The summed E-state index contributed by atoms with van der Waals surface area (Å²) in [6, 6.07) is 4.16. The van der Waals surface area contributed by atoms with Crippen LogP contribution in [0.25, 0.3) is 6.08 Å². The maximum absolute atomic E-state index is 12.7. The fraction of sp³-hybridized carbons (Fsp3) is 0.438. The smallest absolute Gasteiger partial charge is 0.452 e. The molecule has 0 fully saturated rings. The minimum atomic E-state index is -0.863. The number of carbonyl (C=O) groups is 4. The normalized spacial score (nSPS) is 16.4. The number of nitrogens with one attached hydrogen (secondary N) is 2. The molecule has 0 bridgehead atoms. The van der Waals surface area contributed by atoms with Crippen molar-refractivity contribution in [3.63, 3.8) is 0 Å². The molecule has 0 saturated heterocycles. The minimum Gasteiger partial charge on any atom is -0.486 e. The number of hydrogen-bond acceptors (Lipinski definition) is 11. The molecule has 1 aromatic carbocycles. The lowest BCUT2D eigenvalue weighted by atomic mass is 9.91. The maximum atomic E-state index is 12.7. The van der Waals surface area contributed by atoms with Crippen LogP contribution in [-0.4, -0.2) is 68.1 Å². The van der Waals surface area contributed by atoms with Gasteiger partial charge in [0.2, 0.25) is 5.91 Å². The van der Waals surface area contributed by atoms with E-state index in [1.807, 2.05) is 0 Å². The highest BCUT2D eigenvalue weighted by Crippen LogP contribution is 2.29. The number of ether oxygens (including phenoxy) is 5. The highest BCUT2D eigenvalue weighted by Gasteiger charge is 2.30. The summed E-state index contributed by atoms with van der Waals surface area (Å²) in [6.45, 7) is 14.4. The molecule has 45 heavy (non-hydrogen) atoms. The van der Waals surface area contributed by atoms with E-state index in [9.17, 15) is 19.2 Å². The Labute approximate surface area is 263 Å². The van der Waals surface area contributed by atoms with Crippen LogP contribution >= 0.6 is 0 Å². The number of carbonyl (C=O) groups excluding carboxylic acids is 4. The summed E-state index contributed by atoms with van der Waals surface area (Å²) in [4.78, 5) is 48.2. The van der Waals surface area contributed by atoms with Crippen molar-refractivity contribution in [3.8, 4) is 11.5 Å². The Bertz CT molecular complexity index is 1300. The van der Waals surface area contributed by atoms with E-state index in [0.29, 0.717) is 35.7 Å². The molecular weight excluding hydrogens is 584 g/mol. The van der Waals surface area contributed by atoms with Gasteiger partial charge in [-0.15, -0.1) is 0 Å². The van der Waals surface area contributed by atoms with Crippen LogP contribution in [0.2, 0.25) is 0 Å². The molecule has 0 spiro atoms. The van der Waals surface area contributed by atoms with Gasteiger partial charge >= 0.3 is 18.0 Å². The number of nitrogens with zero attached hydrogens (tertiary/aromatic N) is 2. The standard InChI is InChI=1S/C32H42N4O9/c1-7-16-41-27-14-10-23(20-28(27)42-17-8-2)11-15-29(38)43-18-9-19-44-30(39)24-12-13-25(34-33-22(3)37)26(21-24)35-36-31(40)45-32(4,5)6/h7-8,10-12,14-15,20,25-26,34H,1-2,9,13,16-19,21H2,3-6H3,(H,33,37)/b15-11+,36-35?/t25-,26-/m0/s1. The maximum Gasteiger partial charge on any atom is 0.452 e. The Morgan fingerprint density at radius 1 is 1.02 bits per heavy atom. The minimum absolute atomic E-state index is 0.0149. The first kappa shape index (κ1) is 36.4. The van der Waals surface area contributed by atoms with E-state index in [2.05, 4.69) is 34.2 Å². The molecule has 244 valence electrons. The molecule has 0 radical (unpaired) electrons. The lowest BCUT2D eigenvalue weighted by Gasteiger charge is -2.28. The molecule has 2 N–H and O–H groups in total. The predicted octanol–water partition coefficient (Wildman–Crippen LogP) is 4.79. The molecule has 0 saturated carbocycles. The zero-order valence-corrected chi connectivity index (χ0v) is 26.2. The lowest BCUT2D eigenvalue weighted by molar-refractivity contribution is -0.141. The van der Waals surface area contributed by atoms with Gasteiger partial charge in [-0.05, 0) is 51.0 Å². The number of rotatable bonds is 16. The number of azo groups is 1. The van der Waals surface area contributed by atoms with Gasteiger partial charge in [0, 0.05) is 31.4 Å². The Morgan fingerprint density at radius 3 is 2.38 bits per heavy atom. The SMILES string of the molecule is C=CCOc1ccc(/C=C/C(=O)OCCCOC(=O)C2=CC[C@H](NNC(C)=O)[C@@H](N=NC(=O)OC(C)(C)C)C2)cc1OCC=C. The quantitative estimate of drug-likeness (QED) is 0.0496. The molecule has 2 atom stereocenters. The van der Waals surface area contributed by atoms with E-state index < -0.39 is 35.7 Å². The van der Waals surface area contributed by atoms with Gasteiger partial charge in [0.15, 0.2) is 11.5 Å². The summed E-state index contributed by atoms with van der Waals surface area (Å²) in [5, 5.41) is 7.70. The van der Waals surface area contributed by atoms with Crippen LogP contribution in [-0.2, 0) is 28.6 Å². The number of hydrazine groups is 1. The van der Waals surface area contributed by atoms with Gasteiger partial charge in [0.25, 0.3) is 0 Å². The van der Waals surface area contributed by atoms with E-state index in [4.69, 9.17) is 23.7 Å². The van der Waals surface area contributed by atoms with E-state index >= 15 is 0 Å². The van der Waals surface area contributed by atoms with Gasteiger partial charge < -0.3 is 23.7 Å². The summed E-state index contributed by atoms with van der Waals surface area (Å²) < 4.78 is 26.9. The van der Waals surface area contributed by atoms with Crippen LogP contribution in [0.4, 0.5) is 4.79 Å². The van der Waals surface area contributed by atoms with Gasteiger partial charge in [-0.25, -0.2) is 19.8 Å². The van der Waals surface area contributed by atoms with Crippen LogP contribution in [0.3, 0.4) is 0 Å². The summed E-state index contributed by atoms with van der Waals surface area (Å²) in [5.41, 5.74) is 5.64. The average Bonchev–Trinajstić information content (AvgIpc) is 2.99. The van der Waals surface area contributed by atoms with Crippen molar-refractivity contribution < 1.29 is 42.9 Å². The number of benzene rings is 1. The zero-order valence-electron chi connectivity index (χ0n) is 26.2. The van der Waals surface area contributed by atoms with Crippen molar-refractivity contribution >= 4 is 30.0 Å². The Kier molecular flexibility index (Phi) is 15.2.